The summed E-state index contributed by atoms with van der Waals surface area (Å²) in [7, 11) is 1.84. The first-order valence-corrected chi connectivity index (χ1v) is 10.2. The Labute approximate surface area is 150 Å². The first kappa shape index (κ1) is 19.1. The van der Waals surface area contributed by atoms with E-state index >= 15 is 0 Å². The standard InChI is InChI=1S/C19H31N3OS/c1-20-19(22-17-9-10-18(15-17)24-2)21-12-6-13-23-14-11-16-7-4-3-5-8-16/h3-5,7-8,17-18H,6,9-15H2,1-2H3,(H2,20,21,22). The van der Waals surface area contributed by atoms with Gasteiger partial charge in [-0.3, -0.25) is 4.99 Å². The van der Waals surface area contributed by atoms with Crippen LogP contribution < -0.4 is 10.6 Å². The van der Waals surface area contributed by atoms with Gasteiger partial charge in [-0.25, -0.2) is 0 Å². The van der Waals surface area contributed by atoms with Crippen molar-refractivity contribution in [1.29, 1.82) is 0 Å². The van der Waals surface area contributed by atoms with Crippen LogP contribution in [0.4, 0.5) is 0 Å². The molecule has 0 radical (unpaired) electrons. The van der Waals surface area contributed by atoms with Crippen molar-refractivity contribution in [3.05, 3.63) is 35.9 Å². The van der Waals surface area contributed by atoms with Crippen molar-refractivity contribution in [2.75, 3.05) is 33.1 Å². The summed E-state index contributed by atoms with van der Waals surface area (Å²) in [5.41, 5.74) is 1.33. The zero-order valence-corrected chi connectivity index (χ0v) is 15.8. The molecule has 0 aliphatic heterocycles. The van der Waals surface area contributed by atoms with Crippen LogP contribution in [0.1, 0.15) is 31.2 Å². The van der Waals surface area contributed by atoms with Gasteiger partial charge in [0, 0.05) is 31.5 Å². The summed E-state index contributed by atoms with van der Waals surface area (Å²) in [6.45, 7) is 2.47. The topological polar surface area (TPSA) is 45.7 Å². The van der Waals surface area contributed by atoms with Crippen LogP contribution in [0, 0.1) is 0 Å². The van der Waals surface area contributed by atoms with E-state index in [2.05, 4.69) is 46.1 Å². The smallest absolute Gasteiger partial charge is 0.191 e. The number of hydrogen-bond acceptors (Lipinski definition) is 3. The Morgan fingerprint density at radius 1 is 1.25 bits per heavy atom. The summed E-state index contributed by atoms with van der Waals surface area (Å²) in [4.78, 5) is 4.32. The molecule has 0 amide bonds. The lowest BCUT2D eigenvalue weighted by Gasteiger charge is -2.17. The van der Waals surface area contributed by atoms with E-state index in [1.807, 2.05) is 24.9 Å². The molecule has 1 aromatic carbocycles. The molecule has 1 aliphatic carbocycles. The van der Waals surface area contributed by atoms with Crippen molar-refractivity contribution in [3.8, 4) is 0 Å². The Balaban J connectivity index is 1.50. The normalized spacial score (nSPS) is 21.0. The van der Waals surface area contributed by atoms with Crippen LogP contribution >= 0.6 is 11.8 Å². The number of hydrogen-bond donors (Lipinski definition) is 2. The van der Waals surface area contributed by atoms with Crippen molar-refractivity contribution in [1.82, 2.24) is 10.6 Å². The summed E-state index contributed by atoms with van der Waals surface area (Å²) in [6, 6.07) is 11.0. The molecule has 2 rings (SSSR count). The predicted octanol–water partition coefficient (Wildman–Crippen LogP) is 3.08. The predicted molar refractivity (Wildman–Crippen MR) is 105 cm³/mol. The Hall–Kier alpha value is -1.20. The summed E-state index contributed by atoms with van der Waals surface area (Å²) in [6.07, 6.45) is 7.98. The fourth-order valence-corrected chi connectivity index (χ4v) is 3.79. The Kier molecular flexibility index (Phi) is 9.06. The number of rotatable bonds is 9. The van der Waals surface area contributed by atoms with E-state index in [-0.39, 0.29) is 0 Å². The van der Waals surface area contributed by atoms with Gasteiger partial charge in [0.15, 0.2) is 5.96 Å². The molecule has 2 unspecified atom stereocenters. The molecule has 2 N–H and O–H groups in total. The van der Waals surface area contributed by atoms with Gasteiger partial charge in [-0.15, -0.1) is 0 Å². The van der Waals surface area contributed by atoms with Crippen LogP contribution in [0.5, 0.6) is 0 Å². The SMILES string of the molecule is CN=C(NCCCOCCc1ccccc1)NC1CCC(SC)C1. The fourth-order valence-electron chi connectivity index (χ4n) is 2.99. The van der Waals surface area contributed by atoms with E-state index in [1.165, 1.54) is 24.8 Å². The maximum absolute atomic E-state index is 5.71. The summed E-state index contributed by atoms with van der Waals surface area (Å²) >= 11 is 1.98. The lowest BCUT2D eigenvalue weighted by molar-refractivity contribution is 0.135. The van der Waals surface area contributed by atoms with Gasteiger partial charge in [-0.05, 0) is 43.9 Å². The summed E-state index contributed by atoms with van der Waals surface area (Å²) < 4.78 is 5.71. The minimum absolute atomic E-state index is 0.566. The monoisotopic (exact) mass is 349 g/mol. The fraction of sp³-hybridized carbons (Fsp3) is 0.632. The quantitative estimate of drug-likeness (QED) is 0.409. The highest BCUT2D eigenvalue weighted by Crippen LogP contribution is 2.27. The molecule has 2 atom stereocenters. The number of benzene rings is 1. The maximum atomic E-state index is 5.71. The first-order chi connectivity index (χ1) is 11.8. The number of thioether (sulfide) groups is 1. The van der Waals surface area contributed by atoms with Gasteiger partial charge in [-0.1, -0.05) is 30.3 Å². The van der Waals surface area contributed by atoms with E-state index in [0.29, 0.717) is 6.04 Å². The van der Waals surface area contributed by atoms with Crippen LogP contribution in [-0.4, -0.2) is 50.3 Å². The molecule has 24 heavy (non-hydrogen) atoms. The average molecular weight is 350 g/mol. The number of nitrogens with one attached hydrogen (secondary N) is 2. The van der Waals surface area contributed by atoms with Crippen molar-refractivity contribution >= 4 is 17.7 Å². The molecule has 0 saturated heterocycles. The Morgan fingerprint density at radius 2 is 2.08 bits per heavy atom. The number of ether oxygens (including phenoxy) is 1. The number of nitrogens with zero attached hydrogens (tertiary/aromatic N) is 1. The van der Waals surface area contributed by atoms with E-state index in [0.717, 1.165) is 43.8 Å². The highest BCUT2D eigenvalue weighted by atomic mass is 32.2. The molecule has 1 saturated carbocycles. The second-order valence-corrected chi connectivity index (χ2v) is 7.35. The minimum atomic E-state index is 0.566. The van der Waals surface area contributed by atoms with Gasteiger partial charge in [0.1, 0.15) is 0 Å². The zero-order valence-electron chi connectivity index (χ0n) is 15.0. The lowest BCUT2D eigenvalue weighted by atomic mass is 10.2. The van der Waals surface area contributed by atoms with Gasteiger partial charge in [-0.2, -0.15) is 11.8 Å². The lowest BCUT2D eigenvalue weighted by Crippen LogP contribution is -2.43. The molecule has 5 heteroatoms. The highest BCUT2D eigenvalue weighted by molar-refractivity contribution is 7.99. The first-order valence-electron chi connectivity index (χ1n) is 8.93. The second kappa shape index (κ2) is 11.4. The van der Waals surface area contributed by atoms with E-state index in [9.17, 15) is 0 Å². The van der Waals surface area contributed by atoms with Gasteiger partial charge in [0.2, 0.25) is 0 Å². The molecular formula is C19H31N3OS. The third-order valence-corrected chi connectivity index (χ3v) is 5.51. The van der Waals surface area contributed by atoms with Gasteiger partial charge in [0.05, 0.1) is 6.61 Å². The molecular weight excluding hydrogens is 318 g/mol. The van der Waals surface area contributed by atoms with Crippen molar-refractivity contribution in [2.24, 2.45) is 4.99 Å². The summed E-state index contributed by atoms with van der Waals surface area (Å²) in [5, 5.41) is 7.73. The highest BCUT2D eigenvalue weighted by Gasteiger charge is 2.24. The van der Waals surface area contributed by atoms with Crippen LogP contribution in [0.3, 0.4) is 0 Å². The largest absolute Gasteiger partial charge is 0.381 e. The Morgan fingerprint density at radius 3 is 2.79 bits per heavy atom. The second-order valence-electron chi connectivity index (χ2n) is 6.21. The third kappa shape index (κ3) is 7.14. The number of aliphatic imine (C=N–C) groups is 1. The average Bonchev–Trinajstić information content (AvgIpc) is 3.08. The summed E-state index contributed by atoms with van der Waals surface area (Å²) in [5.74, 6) is 0.922. The molecule has 0 heterocycles. The molecule has 0 aromatic heterocycles. The molecule has 1 fully saturated rings. The maximum Gasteiger partial charge on any atom is 0.191 e. The van der Waals surface area contributed by atoms with Crippen LogP contribution in [-0.2, 0) is 11.2 Å². The van der Waals surface area contributed by atoms with Crippen molar-refractivity contribution < 1.29 is 4.74 Å². The zero-order chi connectivity index (χ0) is 17.0. The van der Waals surface area contributed by atoms with Gasteiger partial charge in [0.25, 0.3) is 0 Å². The molecule has 0 spiro atoms. The molecule has 0 bridgehead atoms. The van der Waals surface area contributed by atoms with Crippen LogP contribution in [0.15, 0.2) is 35.3 Å². The van der Waals surface area contributed by atoms with E-state index in [4.69, 9.17) is 4.74 Å². The molecule has 134 valence electrons. The van der Waals surface area contributed by atoms with Crippen LogP contribution in [0.2, 0.25) is 0 Å². The Bertz CT molecular complexity index is 481. The van der Waals surface area contributed by atoms with Crippen molar-refractivity contribution in [3.63, 3.8) is 0 Å². The van der Waals surface area contributed by atoms with Gasteiger partial charge >= 0.3 is 0 Å². The molecule has 1 aliphatic rings. The van der Waals surface area contributed by atoms with E-state index < -0.39 is 0 Å². The van der Waals surface area contributed by atoms with Crippen LogP contribution in [0.25, 0.3) is 0 Å². The molecule has 4 nitrogen and oxygen atoms in total. The molecule has 1 aromatic rings. The minimum Gasteiger partial charge on any atom is -0.381 e. The van der Waals surface area contributed by atoms with E-state index in [1.54, 1.807) is 0 Å². The van der Waals surface area contributed by atoms with Gasteiger partial charge < -0.3 is 15.4 Å². The number of guanidine groups is 1. The third-order valence-electron chi connectivity index (χ3n) is 4.42. The van der Waals surface area contributed by atoms with Crippen molar-refractivity contribution in [2.45, 2.75) is 43.4 Å².